The minimum atomic E-state index is 0.698. The lowest BCUT2D eigenvalue weighted by atomic mass is 10.1. The molecule has 0 aromatic heterocycles. The SMILES string of the molecule is CC(C)CNCc1ccccc1N(C)CC1CCN(C)C1. The summed E-state index contributed by atoms with van der Waals surface area (Å²) >= 11 is 0. The summed E-state index contributed by atoms with van der Waals surface area (Å²) in [5.41, 5.74) is 2.79. The van der Waals surface area contributed by atoms with Crippen molar-refractivity contribution in [1.29, 1.82) is 0 Å². The number of hydrogen-bond acceptors (Lipinski definition) is 3. The molecular formula is C18H31N3. The fraction of sp³-hybridized carbons (Fsp3) is 0.667. The zero-order chi connectivity index (χ0) is 15.2. The smallest absolute Gasteiger partial charge is 0.0409 e. The van der Waals surface area contributed by atoms with Gasteiger partial charge < -0.3 is 15.1 Å². The molecule has 1 N–H and O–H groups in total. The largest absolute Gasteiger partial charge is 0.374 e. The van der Waals surface area contributed by atoms with Crippen molar-refractivity contribution in [3.05, 3.63) is 29.8 Å². The van der Waals surface area contributed by atoms with Gasteiger partial charge in [-0.2, -0.15) is 0 Å². The van der Waals surface area contributed by atoms with Gasteiger partial charge in [-0.15, -0.1) is 0 Å². The summed E-state index contributed by atoms with van der Waals surface area (Å²) in [5, 5.41) is 3.56. The highest BCUT2D eigenvalue weighted by molar-refractivity contribution is 5.53. The van der Waals surface area contributed by atoms with Crippen LogP contribution in [0.3, 0.4) is 0 Å². The predicted molar refractivity (Wildman–Crippen MR) is 91.9 cm³/mol. The Bertz CT molecular complexity index is 430. The predicted octanol–water partition coefficient (Wildman–Crippen LogP) is 2.82. The molecule has 1 fully saturated rings. The highest BCUT2D eigenvalue weighted by Crippen LogP contribution is 2.23. The molecule has 3 heteroatoms. The average Bonchev–Trinajstić information content (AvgIpc) is 2.84. The minimum Gasteiger partial charge on any atom is -0.374 e. The van der Waals surface area contributed by atoms with Crippen LogP contribution in [-0.2, 0) is 6.54 Å². The molecule has 3 nitrogen and oxygen atoms in total. The fourth-order valence-corrected chi connectivity index (χ4v) is 3.19. The molecule has 1 atom stereocenters. The Kier molecular flexibility index (Phi) is 6.07. The van der Waals surface area contributed by atoms with Crippen molar-refractivity contribution in [3.63, 3.8) is 0 Å². The summed E-state index contributed by atoms with van der Waals surface area (Å²) in [5.74, 6) is 1.50. The van der Waals surface area contributed by atoms with Gasteiger partial charge in [-0.3, -0.25) is 0 Å². The molecule has 2 rings (SSSR count). The summed E-state index contributed by atoms with van der Waals surface area (Å²) in [4.78, 5) is 4.88. The lowest BCUT2D eigenvalue weighted by molar-refractivity contribution is 0.396. The Labute approximate surface area is 130 Å². The lowest BCUT2D eigenvalue weighted by Gasteiger charge is -2.26. The summed E-state index contributed by atoms with van der Waals surface area (Å²) in [6.45, 7) is 10.2. The number of para-hydroxylation sites is 1. The van der Waals surface area contributed by atoms with Gasteiger partial charge in [0.05, 0.1) is 0 Å². The van der Waals surface area contributed by atoms with E-state index in [0.717, 1.165) is 25.6 Å². The van der Waals surface area contributed by atoms with Crippen molar-refractivity contribution in [2.75, 3.05) is 45.2 Å². The number of hydrogen-bond donors (Lipinski definition) is 1. The van der Waals surface area contributed by atoms with Gasteiger partial charge in [-0.25, -0.2) is 0 Å². The van der Waals surface area contributed by atoms with E-state index in [1.165, 1.54) is 30.8 Å². The van der Waals surface area contributed by atoms with Crippen LogP contribution in [-0.4, -0.2) is 45.2 Å². The molecule has 0 radical (unpaired) electrons. The molecule has 1 heterocycles. The first kappa shape index (κ1) is 16.3. The van der Waals surface area contributed by atoms with Crippen LogP contribution in [0.1, 0.15) is 25.8 Å². The summed E-state index contributed by atoms with van der Waals surface area (Å²) in [7, 11) is 4.46. The first-order chi connectivity index (χ1) is 10.1. The molecule has 0 saturated carbocycles. The molecule has 1 aliphatic rings. The molecule has 1 unspecified atom stereocenters. The third kappa shape index (κ3) is 5.01. The molecular weight excluding hydrogens is 258 g/mol. The topological polar surface area (TPSA) is 18.5 Å². The Hall–Kier alpha value is -1.06. The first-order valence-electron chi connectivity index (χ1n) is 8.24. The molecule has 0 amide bonds. The van der Waals surface area contributed by atoms with Crippen LogP contribution in [0.25, 0.3) is 0 Å². The van der Waals surface area contributed by atoms with Gasteiger partial charge >= 0.3 is 0 Å². The van der Waals surface area contributed by atoms with E-state index in [4.69, 9.17) is 0 Å². The van der Waals surface area contributed by atoms with Crippen molar-refractivity contribution in [2.45, 2.75) is 26.8 Å². The Morgan fingerprint density at radius 3 is 2.76 bits per heavy atom. The summed E-state index contributed by atoms with van der Waals surface area (Å²) < 4.78 is 0. The van der Waals surface area contributed by atoms with E-state index in [0.29, 0.717) is 5.92 Å². The van der Waals surface area contributed by atoms with Gasteiger partial charge in [0.25, 0.3) is 0 Å². The molecule has 0 aliphatic carbocycles. The Morgan fingerprint density at radius 2 is 2.10 bits per heavy atom. The zero-order valence-corrected chi connectivity index (χ0v) is 14.1. The lowest BCUT2D eigenvalue weighted by Crippen LogP contribution is -2.29. The van der Waals surface area contributed by atoms with E-state index in [9.17, 15) is 0 Å². The van der Waals surface area contributed by atoms with Gasteiger partial charge in [0.15, 0.2) is 0 Å². The quantitative estimate of drug-likeness (QED) is 0.833. The second kappa shape index (κ2) is 7.81. The monoisotopic (exact) mass is 289 g/mol. The standard InChI is InChI=1S/C18H31N3/c1-15(2)11-19-12-17-7-5-6-8-18(17)21(4)14-16-9-10-20(3)13-16/h5-8,15-16,19H,9-14H2,1-4H3. The van der Waals surface area contributed by atoms with Crippen LogP contribution in [0.2, 0.25) is 0 Å². The van der Waals surface area contributed by atoms with Crippen molar-refractivity contribution in [3.8, 4) is 0 Å². The fourth-order valence-electron chi connectivity index (χ4n) is 3.19. The van der Waals surface area contributed by atoms with Crippen LogP contribution in [0.4, 0.5) is 5.69 Å². The van der Waals surface area contributed by atoms with Gasteiger partial charge in [0.1, 0.15) is 0 Å². The van der Waals surface area contributed by atoms with Gasteiger partial charge in [-0.1, -0.05) is 32.0 Å². The molecule has 1 aliphatic heterocycles. The third-order valence-corrected chi connectivity index (χ3v) is 4.29. The van der Waals surface area contributed by atoms with E-state index >= 15 is 0 Å². The highest BCUT2D eigenvalue weighted by atomic mass is 15.2. The number of benzene rings is 1. The van der Waals surface area contributed by atoms with Crippen molar-refractivity contribution < 1.29 is 0 Å². The van der Waals surface area contributed by atoms with Crippen LogP contribution in [0.15, 0.2) is 24.3 Å². The number of likely N-dealkylation sites (tertiary alicyclic amines) is 1. The van der Waals surface area contributed by atoms with E-state index in [1.807, 2.05) is 0 Å². The molecule has 21 heavy (non-hydrogen) atoms. The summed E-state index contributed by atoms with van der Waals surface area (Å²) in [6.07, 6.45) is 1.33. The highest BCUT2D eigenvalue weighted by Gasteiger charge is 2.21. The minimum absolute atomic E-state index is 0.698. The number of rotatable bonds is 7. The maximum atomic E-state index is 3.56. The van der Waals surface area contributed by atoms with Crippen molar-refractivity contribution in [1.82, 2.24) is 10.2 Å². The van der Waals surface area contributed by atoms with Gasteiger partial charge in [0.2, 0.25) is 0 Å². The van der Waals surface area contributed by atoms with Crippen LogP contribution >= 0.6 is 0 Å². The molecule has 1 saturated heterocycles. The number of anilines is 1. The average molecular weight is 289 g/mol. The van der Waals surface area contributed by atoms with E-state index in [-0.39, 0.29) is 0 Å². The molecule has 1 aromatic carbocycles. The van der Waals surface area contributed by atoms with E-state index < -0.39 is 0 Å². The van der Waals surface area contributed by atoms with Crippen LogP contribution < -0.4 is 10.2 Å². The van der Waals surface area contributed by atoms with Gasteiger partial charge in [0, 0.05) is 32.4 Å². The Morgan fingerprint density at radius 1 is 1.33 bits per heavy atom. The van der Waals surface area contributed by atoms with Crippen LogP contribution in [0.5, 0.6) is 0 Å². The molecule has 1 aromatic rings. The zero-order valence-electron chi connectivity index (χ0n) is 14.1. The number of nitrogens with zero attached hydrogens (tertiary/aromatic N) is 2. The van der Waals surface area contributed by atoms with E-state index in [1.54, 1.807) is 0 Å². The molecule has 0 bridgehead atoms. The van der Waals surface area contributed by atoms with Crippen molar-refractivity contribution >= 4 is 5.69 Å². The maximum Gasteiger partial charge on any atom is 0.0409 e. The second-order valence-corrected chi connectivity index (χ2v) is 6.95. The normalized spacial score (nSPS) is 19.4. The second-order valence-electron chi connectivity index (χ2n) is 6.95. The first-order valence-corrected chi connectivity index (χ1v) is 8.24. The molecule has 0 spiro atoms. The van der Waals surface area contributed by atoms with Crippen LogP contribution in [0, 0.1) is 11.8 Å². The molecule has 118 valence electrons. The third-order valence-electron chi connectivity index (χ3n) is 4.29. The van der Waals surface area contributed by atoms with Crippen molar-refractivity contribution in [2.24, 2.45) is 11.8 Å². The maximum absolute atomic E-state index is 3.56. The van der Waals surface area contributed by atoms with Gasteiger partial charge in [-0.05, 0) is 50.0 Å². The number of nitrogens with one attached hydrogen (secondary N) is 1. The summed E-state index contributed by atoms with van der Waals surface area (Å²) in [6, 6.07) is 8.80. The van der Waals surface area contributed by atoms with E-state index in [2.05, 4.69) is 67.3 Å². The Balaban J connectivity index is 1.94.